The number of ether oxygens (including phenoxy) is 2. The Hall–Kier alpha value is -0.990. The van der Waals surface area contributed by atoms with Crippen molar-refractivity contribution in [2.24, 2.45) is 5.73 Å². The Bertz CT molecular complexity index is 1060. The third-order valence-electron chi connectivity index (χ3n) is 13.5. The molecule has 0 aromatic rings. The molecule has 0 aromatic heterocycles. The van der Waals surface area contributed by atoms with Gasteiger partial charge in [-0.05, 0) is 12.8 Å². The maximum absolute atomic E-state index is 12.6. The second-order valence-electron chi connectivity index (χ2n) is 20.2. The van der Waals surface area contributed by atoms with Crippen molar-refractivity contribution in [2.45, 2.75) is 328 Å². The summed E-state index contributed by atoms with van der Waals surface area (Å²) in [4.78, 5) is 34.6. The number of carbonyl (C=O) groups excluding carboxylic acids is 2. The molecule has 0 aliphatic rings. The average Bonchev–Trinajstić information content (AvgIpc) is 3.32. The molecule has 0 saturated carbocycles. The van der Waals surface area contributed by atoms with Crippen molar-refractivity contribution in [1.29, 1.82) is 0 Å². The molecule has 0 aliphatic carbocycles. The SMILES string of the molecule is CCCCCCCCCCCCCCCCCCCCCCCCCCCCCCCCCCCCCCCCCCCC(=O)OC(COC(=O)CCCCCCC)COP(=O)(O)OCCN. The summed E-state index contributed by atoms with van der Waals surface area (Å²) in [5.41, 5.74) is 5.34. The number of esters is 2. The quantitative estimate of drug-likeness (QED) is 0.0347. The van der Waals surface area contributed by atoms with Gasteiger partial charge in [0.2, 0.25) is 0 Å². The van der Waals surface area contributed by atoms with Crippen molar-refractivity contribution in [3.8, 4) is 0 Å². The molecule has 0 saturated heterocycles. The van der Waals surface area contributed by atoms with E-state index in [1.54, 1.807) is 0 Å². The van der Waals surface area contributed by atoms with E-state index in [-0.39, 0.29) is 38.6 Å². The molecule has 67 heavy (non-hydrogen) atoms. The molecular weight excluding hydrogens is 858 g/mol. The number of unbranched alkanes of at least 4 members (excludes halogenated alkanes) is 44. The maximum atomic E-state index is 12.6. The highest BCUT2D eigenvalue weighted by Gasteiger charge is 2.26. The molecule has 400 valence electrons. The highest BCUT2D eigenvalue weighted by molar-refractivity contribution is 7.47. The van der Waals surface area contributed by atoms with E-state index in [1.165, 1.54) is 244 Å². The zero-order chi connectivity index (χ0) is 48.8. The molecule has 0 amide bonds. The van der Waals surface area contributed by atoms with E-state index in [9.17, 15) is 19.0 Å². The molecule has 0 radical (unpaired) electrons. The van der Waals surface area contributed by atoms with Gasteiger partial charge >= 0.3 is 19.8 Å². The lowest BCUT2D eigenvalue weighted by atomic mass is 10.0. The Morgan fingerprint density at radius 3 is 0.910 bits per heavy atom. The summed E-state index contributed by atoms with van der Waals surface area (Å²) >= 11 is 0. The smallest absolute Gasteiger partial charge is 0.462 e. The van der Waals surface area contributed by atoms with Crippen LogP contribution in [0.25, 0.3) is 0 Å². The minimum atomic E-state index is -4.36. The largest absolute Gasteiger partial charge is 0.472 e. The fourth-order valence-electron chi connectivity index (χ4n) is 9.11. The minimum Gasteiger partial charge on any atom is -0.462 e. The predicted molar refractivity (Wildman–Crippen MR) is 285 cm³/mol. The number of nitrogens with two attached hydrogens (primary N) is 1. The van der Waals surface area contributed by atoms with Crippen LogP contribution in [0.2, 0.25) is 0 Å². The van der Waals surface area contributed by atoms with E-state index >= 15 is 0 Å². The first-order valence-electron chi connectivity index (χ1n) is 29.5. The van der Waals surface area contributed by atoms with Crippen LogP contribution in [0.1, 0.15) is 322 Å². The van der Waals surface area contributed by atoms with Crippen LogP contribution in [0.5, 0.6) is 0 Å². The van der Waals surface area contributed by atoms with Crippen LogP contribution >= 0.6 is 7.82 Å². The molecule has 0 aliphatic heterocycles. The third-order valence-corrected chi connectivity index (χ3v) is 14.5. The molecule has 0 rings (SSSR count). The van der Waals surface area contributed by atoms with Gasteiger partial charge in [-0.1, -0.05) is 296 Å². The first kappa shape index (κ1) is 66.0. The molecule has 0 fully saturated rings. The zero-order valence-corrected chi connectivity index (χ0v) is 45.6. The topological polar surface area (TPSA) is 134 Å². The molecule has 0 bridgehead atoms. The first-order chi connectivity index (χ1) is 32.8. The van der Waals surface area contributed by atoms with Crippen molar-refractivity contribution < 1.29 is 37.6 Å². The average molecular weight is 973 g/mol. The molecule has 9 nitrogen and oxygen atoms in total. The van der Waals surface area contributed by atoms with Gasteiger partial charge in [-0.15, -0.1) is 0 Å². The molecule has 0 spiro atoms. The van der Waals surface area contributed by atoms with E-state index in [0.717, 1.165) is 44.9 Å². The van der Waals surface area contributed by atoms with Crippen LogP contribution in [0.4, 0.5) is 0 Å². The lowest BCUT2D eigenvalue weighted by Crippen LogP contribution is -2.29. The lowest BCUT2D eigenvalue weighted by molar-refractivity contribution is -0.161. The zero-order valence-electron chi connectivity index (χ0n) is 44.7. The van der Waals surface area contributed by atoms with Crippen molar-refractivity contribution in [2.75, 3.05) is 26.4 Å². The second-order valence-corrected chi connectivity index (χ2v) is 21.7. The summed E-state index contributed by atoms with van der Waals surface area (Å²) < 4.78 is 32.6. The Labute approximate surface area is 416 Å². The number of rotatable bonds is 57. The van der Waals surface area contributed by atoms with Crippen molar-refractivity contribution in [1.82, 2.24) is 0 Å². The molecule has 2 unspecified atom stereocenters. The molecule has 0 aromatic carbocycles. The molecule has 10 heteroatoms. The van der Waals surface area contributed by atoms with E-state index in [4.69, 9.17) is 24.3 Å². The van der Waals surface area contributed by atoms with E-state index in [1.807, 2.05) is 0 Å². The van der Waals surface area contributed by atoms with Crippen molar-refractivity contribution in [3.63, 3.8) is 0 Å². The number of carbonyl (C=O) groups is 2. The van der Waals surface area contributed by atoms with E-state index in [0.29, 0.717) is 6.42 Å². The molecular formula is C57H114NO8P. The van der Waals surface area contributed by atoms with Crippen molar-refractivity contribution >= 4 is 19.8 Å². The molecule has 2 atom stereocenters. The van der Waals surface area contributed by atoms with Crippen LogP contribution in [-0.2, 0) is 32.7 Å². The van der Waals surface area contributed by atoms with Gasteiger partial charge in [0.1, 0.15) is 6.61 Å². The Balaban J connectivity index is 3.52. The van der Waals surface area contributed by atoms with Gasteiger partial charge < -0.3 is 20.1 Å². The summed E-state index contributed by atoms with van der Waals surface area (Å²) in [6.45, 7) is 3.69. The van der Waals surface area contributed by atoms with Gasteiger partial charge in [0, 0.05) is 19.4 Å². The van der Waals surface area contributed by atoms with Crippen LogP contribution < -0.4 is 5.73 Å². The lowest BCUT2D eigenvalue weighted by Gasteiger charge is -2.19. The normalized spacial score (nSPS) is 13.0. The Kier molecular flexibility index (Phi) is 53.5. The number of phosphoric ester groups is 1. The fraction of sp³-hybridized carbons (Fsp3) is 0.965. The van der Waals surface area contributed by atoms with E-state index < -0.39 is 26.5 Å². The molecule has 0 heterocycles. The van der Waals surface area contributed by atoms with Gasteiger partial charge in [0.05, 0.1) is 13.2 Å². The summed E-state index contributed by atoms with van der Waals surface area (Å²) in [5.74, 6) is -0.826. The highest BCUT2D eigenvalue weighted by Crippen LogP contribution is 2.43. The van der Waals surface area contributed by atoms with Gasteiger partial charge in [0.15, 0.2) is 6.10 Å². The van der Waals surface area contributed by atoms with Crippen LogP contribution in [0.3, 0.4) is 0 Å². The summed E-state index contributed by atoms with van der Waals surface area (Å²) in [6.07, 6.45) is 61.4. The minimum absolute atomic E-state index is 0.0575. The number of phosphoric acid groups is 1. The Morgan fingerprint density at radius 1 is 0.388 bits per heavy atom. The van der Waals surface area contributed by atoms with Crippen LogP contribution in [0, 0.1) is 0 Å². The highest BCUT2D eigenvalue weighted by atomic mass is 31.2. The maximum Gasteiger partial charge on any atom is 0.472 e. The summed E-state index contributed by atoms with van der Waals surface area (Å²) in [6, 6.07) is 0. The van der Waals surface area contributed by atoms with Crippen LogP contribution in [-0.4, -0.2) is 49.3 Å². The first-order valence-corrected chi connectivity index (χ1v) is 31.0. The van der Waals surface area contributed by atoms with Crippen LogP contribution in [0.15, 0.2) is 0 Å². The summed E-state index contributed by atoms with van der Waals surface area (Å²) in [5, 5.41) is 0. The second kappa shape index (κ2) is 54.3. The predicted octanol–water partition coefficient (Wildman–Crippen LogP) is 18.3. The van der Waals surface area contributed by atoms with Crippen molar-refractivity contribution in [3.05, 3.63) is 0 Å². The van der Waals surface area contributed by atoms with E-state index in [2.05, 4.69) is 13.8 Å². The van der Waals surface area contributed by atoms with Gasteiger partial charge in [-0.25, -0.2) is 4.57 Å². The standard InChI is InChI=1S/C57H114NO8P/c1-3-5-7-9-10-11-12-13-14-15-16-17-18-19-20-21-22-23-24-25-26-27-28-29-30-31-32-33-34-35-36-37-38-39-40-41-42-43-44-46-48-50-57(60)66-55(54-65-67(61,62)64-52-51-58)53-63-56(59)49-47-45-8-6-4-2/h55H,3-54,58H2,1-2H3,(H,61,62). The number of hydrogen-bond donors (Lipinski definition) is 2. The van der Waals surface area contributed by atoms with Gasteiger partial charge in [-0.3, -0.25) is 18.6 Å². The third kappa shape index (κ3) is 54.2. The monoisotopic (exact) mass is 972 g/mol. The Morgan fingerprint density at radius 2 is 0.642 bits per heavy atom. The summed E-state index contributed by atoms with van der Waals surface area (Å²) in [7, 11) is -4.36. The number of hydrogen-bond acceptors (Lipinski definition) is 8. The molecule has 3 N–H and O–H groups in total. The van der Waals surface area contributed by atoms with Gasteiger partial charge in [-0.2, -0.15) is 0 Å². The van der Waals surface area contributed by atoms with Gasteiger partial charge in [0.25, 0.3) is 0 Å². The fourth-order valence-corrected chi connectivity index (χ4v) is 9.88.